The molecule has 0 aliphatic rings. The molecule has 0 rings (SSSR count). The minimum atomic E-state index is -1.84. The van der Waals surface area contributed by atoms with E-state index in [1.165, 1.54) is 0 Å². The molecule has 0 aliphatic heterocycles. The third-order valence-electron chi connectivity index (χ3n) is 4.54. The third-order valence-corrected chi connectivity index (χ3v) is 9.12. The normalized spacial score (nSPS) is 19.3. The number of hydrogen-bond donors (Lipinski definition) is 1. The molecule has 0 aromatic rings. The zero-order valence-corrected chi connectivity index (χ0v) is 15.8. The minimum absolute atomic E-state index is 0.0442. The van der Waals surface area contributed by atoms with Gasteiger partial charge >= 0.3 is 0 Å². The highest BCUT2D eigenvalue weighted by atomic mass is 28.4. The molecule has 0 aromatic carbocycles. The second kappa shape index (κ2) is 7.21. The molecular weight excluding hydrogens is 268 g/mol. The largest absolute Gasteiger partial charge is 0.412 e. The van der Waals surface area contributed by atoms with Crippen molar-refractivity contribution in [1.82, 2.24) is 0 Å². The maximum Gasteiger partial charge on any atom is 0.192 e. The fourth-order valence-corrected chi connectivity index (χ4v) is 3.59. The van der Waals surface area contributed by atoms with E-state index in [1.807, 2.05) is 20.8 Å². The average Bonchev–Trinajstić information content (AvgIpc) is 2.26. The van der Waals surface area contributed by atoms with Crippen LogP contribution in [0.4, 0.5) is 0 Å². The second-order valence-corrected chi connectivity index (χ2v) is 12.2. The van der Waals surface area contributed by atoms with Crippen molar-refractivity contribution in [2.24, 2.45) is 5.92 Å². The van der Waals surface area contributed by atoms with Crippen LogP contribution in [0.25, 0.3) is 0 Å². The van der Waals surface area contributed by atoms with Crippen molar-refractivity contribution in [3.05, 3.63) is 12.2 Å². The molecule has 0 saturated heterocycles. The first kappa shape index (κ1) is 19.8. The van der Waals surface area contributed by atoms with Crippen LogP contribution in [0.2, 0.25) is 18.1 Å². The maximum absolute atomic E-state index is 10.2. The molecule has 0 radical (unpaired) electrons. The van der Waals surface area contributed by atoms with Crippen molar-refractivity contribution in [3.63, 3.8) is 0 Å². The Hall–Kier alpha value is -0.163. The molecule has 0 bridgehead atoms. The highest BCUT2D eigenvalue weighted by molar-refractivity contribution is 6.74. The van der Waals surface area contributed by atoms with E-state index in [0.717, 1.165) is 5.57 Å². The molecule has 20 heavy (non-hydrogen) atoms. The summed E-state index contributed by atoms with van der Waals surface area (Å²) in [6.45, 7) is 20.8. The molecule has 0 aromatic heterocycles. The standard InChI is InChI=1S/C16H34O3Si/c1-11(2)14(17)12(3)15(18-8)13(4)19-20(9,10)16(5,6)7/h12-15,17H,1H2,2-10H3/t12-,13-,14-,15+/m0/s1. The Kier molecular flexibility index (Phi) is 7.15. The van der Waals surface area contributed by atoms with E-state index in [0.29, 0.717) is 0 Å². The highest BCUT2D eigenvalue weighted by Crippen LogP contribution is 2.38. The van der Waals surface area contributed by atoms with Gasteiger partial charge in [0.25, 0.3) is 0 Å². The van der Waals surface area contributed by atoms with Crippen molar-refractivity contribution in [2.45, 2.75) is 78.0 Å². The second-order valence-electron chi connectivity index (χ2n) is 7.43. The van der Waals surface area contributed by atoms with Crippen molar-refractivity contribution in [1.29, 1.82) is 0 Å². The van der Waals surface area contributed by atoms with Gasteiger partial charge < -0.3 is 14.3 Å². The molecule has 0 amide bonds. The zero-order chi connectivity index (χ0) is 16.3. The van der Waals surface area contributed by atoms with Crippen LogP contribution in [0.5, 0.6) is 0 Å². The predicted molar refractivity (Wildman–Crippen MR) is 88.5 cm³/mol. The molecule has 0 saturated carbocycles. The van der Waals surface area contributed by atoms with Crippen LogP contribution in [0, 0.1) is 5.92 Å². The van der Waals surface area contributed by atoms with Gasteiger partial charge in [-0.3, -0.25) is 0 Å². The summed E-state index contributed by atoms with van der Waals surface area (Å²) in [7, 11) is -0.161. The molecule has 0 aliphatic carbocycles. The third kappa shape index (κ3) is 4.99. The smallest absolute Gasteiger partial charge is 0.192 e. The summed E-state index contributed by atoms with van der Waals surface area (Å²) in [6, 6.07) is 0. The molecule has 0 unspecified atom stereocenters. The SMILES string of the molecule is C=C(C)[C@H](O)[C@H](C)[C@@H](OC)[C@H](C)O[Si](C)(C)C(C)(C)C. The topological polar surface area (TPSA) is 38.7 Å². The van der Waals surface area contributed by atoms with Crippen molar-refractivity contribution >= 4 is 8.32 Å². The first-order valence-electron chi connectivity index (χ1n) is 7.39. The van der Waals surface area contributed by atoms with E-state index in [-0.39, 0.29) is 23.2 Å². The Bertz CT molecular complexity index is 320. The monoisotopic (exact) mass is 302 g/mol. The summed E-state index contributed by atoms with van der Waals surface area (Å²) in [4.78, 5) is 0. The molecule has 3 nitrogen and oxygen atoms in total. The van der Waals surface area contributed by atoms with Crippen molar-refractivity contribution < 1.29 is 14.3 Å². The number of ether oxygens (including phenoxy) is 1. The lowest BCUT2D eigenvalue weighted by Crippen LogP contribution is -2.49. The Morgan fingerprint density at radius 3 is 1.95 bits per heavy atom. The van der Waals surface area contributed by atoms with Gasteiger partial charge in [0.05, 0.1) is 18.3 Å². The minimum Gasteiger partial charge on any atom is -0.412 e. The van der Waals surface area contributed by atoms with Crippen LogP contribution >= 0.6 is 0 Å². The number of aliphatic hydroxyl groups is 1. The molecule has 4 heteroatoms. The fraction of sp³-hybridized carbons (Fsp3) is 0.875. The lowest BCUT2D eigenvalue weighted by molar-refractivity contribution is -0.0548. The number of methoxy groups -OCH3 is 1. The summed E-state index contributed by atoms with van der Waals surface area (Å²) in [6.07, 6.45) is -0.758. The summed E-state index contributed by atoms with van der Waals surface area (Å²) in [5, 5.41) is 10.3. The van der Waals surface area contributed by atoms with Crippen LogP contribution in [0.1, 0.15) is 41.5 Å². The number of hydrogen-bond acceptors (Lipinski definition) is 3. The van der Waals surface area contributed by atoms with E-state index in [2.05, 4.69) is 40.4 Å². The summed E-state index contributed by atoms with van der Waals surface area (Å²) >= 11 is 0. The van der Waals surface area contributed by atoms with E-state index in [9.17, 15) is 5.11 Å². The van der Waals surface area contributed by atoms with Gasteiger partial charge in [0, 0.05) is 13.0 Å². The van der Waals surface area contributed by atoms with Crippen molar-refractivity contribution in [2.75, 3.05) is 7.11 Å². The molecule has 0 spiro atoms. The van der Waals surface area contributed by atoms with Gasteiger partial charge in [0.2, 0.25) is 0 Å². The average molecular weight is 303 g/mol. The Balaban J connectivity index is 4.96. The molecule has 4 atom stereocenters. The van der Waals surface area contributed by atoms with E-state index in [4.69, 9.17) is 9.16 Å². The zero-order valence-electron chi connectivity index (χ0n) is 14.8. The first-order valence-corrected chi connectivity index (χ1v) is 10.3. The Morgan fingerprint density at radius 2 is 1.65 bits per heavy atom. The van der Waals surface area contributed by atoms with Gasteiger partial charge in [-0.2, -0.15) is 0 Å². The highest BCUT2D eigenvalue weighted by Gasteiger charge is 2.41. The lowest BCUT2D eigenvalue weighted by atomic mass is 9.91. The van der Waals surface area contributed by atoms with E-state index >= 15 is 0 Å². The first-order chi connectivity index (χ1) is 8.85. The molecular formula is C16H34O3Si. The van der Waals surface area contributed by atoms with Gasteiger partial charge in [-0.15, -0.1) is 0 Å². The summed E-state index contributed by atoms with van der Waals surface area (Å²) in [5.41, 5.74) is 0.763. The summed E-state index contributed by atoms with van der Waals surface area (Å²) < 4.78 is 12.0. The van der Waals surface area contributed by atoms with Crippen molar-refractivity contribution in [3.8, 4) is 0 Å². The summed E-state index contributed by atoms with van der Waals surface area (Å²) in [5.74, 6) is -0.0442. The number of aliphatic hydroxyl groups excluding tert-OH is 1. The molecule has 0 heterocycles. The molecule has 1 N–H and O–H groups in total. The van der Waals surface area contributed by atoms with Gasteiger partial charge in [0.1, 0.15) is 0 Å². The Morgan fingerprint density at radius 1 is 1.20 bits per heavy atom. The van der Waals surface area contributed by atoms with Crippen LogP contribution < -0.4 is 0 Å². The van der Waals surface area contributed by atoms with Gasteiger partial charge in [-0.1, -0.05) is 39.8 Å². The van der Waals surface area contributed by atoms with Crippen LogP contribution in [-0.4, -0.2) is 38.8 Å². The van der Waals surface area contributed by atoms with Crippen LogP contribution in [0.15, 0.2) is 12.2 Å². The van der Waals surface area contributed by atoms with Gasteiger partial charge in [0.15, 0.2) is 8.32 Å². The van der Waals surface area contributed by atoms with Gasteiger partial charge in [-0.25, -0.2) is 0 Å². The lowest BCUT2D eigenvalue weighted by Gasteiger charge is -2.41. The quantitative estimate of drug-likeness (QED) is 0.571. The molecule has 120 valence electrons. The fourth-order valence-electron chi connectivity index (χ4n) is 2.17. The van der Waals surface area contributed by atoms with Crippen LogP contribution in [-0.2, 0) is 9.16 Å². The van der Waals surface area contributed by atoms with E-state index < -0.39 is 14.4 Å². The number of rotatable bonds is 7. The Labute approximate surface area is 126 Å². The maximum atomic E-state index is 10.2. The molecule has 0 fully saturated rings. The van der Waals surface area contributed by atoms with Crippen LogP contribution in [0.3, 0.4) is 0 Å². The van der Waals surface area contributed by atoms with E-state index in [1.54, 1.807) is 7.11 Å². The van der Waals surface area contributed by atoms with Gasteiger partial charge in [-0.05, 0) is 32.0 Å². The predicted octanol–water partition coefficient (Wildman–Crippen LogP) is 3.98.